The fraction of sp³-hybridized carbons (Fsp3) is 0.333. The molecule has 0 saturated carbocycles. The minimum atomic E-state index is -4.53. The summed E-state index contributed by atoms with van der Waals surface area (Å²) in [6.07, 6.45) is -1.02. The molecule has 0 aliphatic rings. The minimum absolute atomic E-state index is 0.0778. The van der Waals surface area contributed by atoms with Crippen LogP contribution in [0, 0.1) is 0 Å². The van der Waals surface area contributed by atoms with E-state index in [9.17, 15) is 13.2 Å². The Morgan fingerprint density at radius 1 is 1.32 bits per heavy atom. The Kier molecular flexibility index (Phi) is 3.69. The summed E-state index contributed by atoms with van der Waals surface area (Å²) < 4.78 is 40.1. The lowest BCUT2D eigenvalue weighted by Gasteiger charge is -2.20. The van der Waals surface area contributed by atoms with E-state index in [1.807, 2.05) is 5.38 Å². The van der Waals surface area contributed by atoms with Crippen LogP contribution in [0.3, 0.4) is 0 Å². The number of nitrogens with zero attached hydrogens (tertiary/aromatic N) is 6. The highest BCUT2D eigenvalue weighted by Gasteiger charge is 2.34. The number of alkyl halides is 3. The quantitative estimate of drug-likeness (QED) is 0.735. The summed E-state index contributed by atoms with van der Waals surface area (Å²) >= 11 is 1.51. The number of hydrogen-bond donors (Lipinski definition) is 0. The maximum Gasteiger partial charge on any atom is 0.433 e. The fourth-order valence-electron chi connectivity index (χ4n) is 1.97. The van der Waals surface area contributed by atoms with Gasteiger partial charge in [-0.05, 0) is 0 Å². The number of thiazole rings is 1. The van der Waals surface area contributed by atoms with E-state index in [0.717, 1.165) is 11.1 Å². The van der Waals surface area contributed by atoms with Crippen molar-refractivity contribution in [1.82, 2.24) is 24.6 Å². The predicted molar refractivity (Wildman–Crippen MR) is 74.9 cm³/mol. The van der Waals surface area contributed by atoms with Gasteiger partial charge >= 0.3 is 6.18 Å². The minimum Gasteiger partial charge on any atom is -0.359 e. The Morgan fingerprint density at radius 2 is 2.14 bits per heavy atom. The van der Waals surface area contributed by atoms with Gasteiger partial charge in [0.25, 0.3) is 5.78 Å². The molecule has 3 aromatic heterocycles. The van der Waals surface area contributed by atoms with Crippen LogP contribution in [0.2, 0.25) is 0 Å². The van der Waals surface area contributed by atoms with Gasteiger partial charge in [-0.2, -0.15) is 27.8 Å². The summed E-state index contributed by atoms with van der Waals surface area (Å²) in [4.78, 5) is 13.1. The largest absolute Gasteiger partial charge is 0.433 e. The highest BCUT2D eigenvalue weighted by Crippen LogP contribution is 2.30. The standard InChI is InChI=1S/C12H11F3N6S/c1-20(4-2-9-16-3-5-22-9)10-6-8(12(13,14)15)19-11-17-7-18-21(10)11/h3,5-7H,2,4H2,1H3. The van der Waals surface area contributed by atoms with Crippen molar-refractivity contribution >= 4 is 22.9 Å². The second-order valence-electron chi connectivity index (χ2n) is 4.57. The van der Waals surface area contributed by atoms with Gasteiger partial charge in [0.15, 0.2) is 5.69 Å². The van der Waals surface area contributed by atoms with Gasteiger partial charge in [-0.15, -0.1) is 11.3 Å². The Hall–Kier alpha value is -2.23. The summed E-state index contributed by atoms with van der Waals surface area (Å²) in [6.45, 7) is 0.504. The molecule has 22 heavy (non-hydrogen) atoms. The first kappa shape index (κ1) is 14.7. The first-order valence-corrected chi connectivity index (χ1v) is 7.20. The molecule has 0 fully saturated rings. The average molecular weight is 328 g/mol. The third-order valence-corrected chi connectivity index (χ3v) is 3.90. The highest BCUT2D eigenvalue weighted by molar-refractivity contribution is 7.09. The molecular weight excluding hydrogens is 317 g/mol. The van der Waals surface area contributed by atoms with Crippen molar-refractivity contribution in [1.29, 1.82) is 0 Å². The number of rotatable bonds is 4. The number of halogens is 3. The fourth-order valence-corrected chi connectivity index (χ4v) is 2.58. The SMILES string of the molecule is CN(CCc1nccs1)c1cc(C(F)(F)F)nc2ncnn12. The van der Waals surface area contributed by atoms with Gasteiger partial charge in [0.1, 0.15) is 12.1 Å². The van der Waals surface area contributed by atoms with Crippen molar-refractivity contribution in [2.24, 2.45) is 0 Å². The average Bonchev–Trinajstić information content (AvgIpc) is 3.13. The molecule has 0 amide bonds. The van der Waals surface area contributed by atoms with Gasteiger partial charge in [0.05, 0.1) is 5.01 Å². The summed E-state index contributed by atoms with van der Waals surface area (Å²) in [5, 5.41) is 6.71. The molecule has 0 aliphatic carbocycles. The van der Waals surface area contributed by atoms with E-state index < -0.39 is 11.9 Å². The van der Waals surface area contributed by atoms with Crippen LogP contribution in [0.1, 0.15) is 10.7 Å². The Morgan fingerprint density at radius 3 is 2.82 bits per heavy atom. The lowest BCUT2D eigenvalue weighted by molar-refractivity contribution is -0.141. The van der Waals surface area contributed by atoms with Gasteiger partial charge < -0.3 is 4.90 Å². The van der Waals surface area contributed by atoms with E-state index in [2.05, 4.69) is 20.1 Å². The molecular formula is C12H11F3N6S. The second-order valence-corrected chi connectivity index (χ2v) is 5.55. The van der Waals surface area contributed by atoms with Crippen LogP contribution in [-0.2, 0) is 12.6 Å². The Balaban J connectivity index is 1.92. The molecule has 6 nitrogen and oxygen atoms in total. The predicted octanol–water partition coefficient (Wildman–Crippen LogP) is 2.28. The molecule has 0 aromatic carbocycles. The van der Waals surface area contributed by atoms with Crippen LogP contribution in [-0.4, -0.2) is 38.2 Å². The molecule has 10 heteroatoms. The normalized spacial score (nSPS) is 12.0. The summed E-state index contributed by atoms with van der Waals surface area (Å²) in [5.41, 5.74) is -0.982. The maximum absolute atomic E-state index is 12.9. The molecule has 3 aromatic rings. The van der Waals surface area contributed by atoms with Gasteiger partial charge in [-0.25, -0.2) is 9.97 Å². The van der Waals surface area contributed by atoms with E-state index >= 15 is 0 Å². The zero-order chi connectivity index (χ0) is 15.7. The van der Waals surface area contributed by atoms with Crippen LogP contribution in [0.15, 0.2) is 24.0 Å². The number of anilines is 1. The van der Waals surface area contributed by atoms with Gasteiger partial charge in [0, 0.05) is 37.7 Å². The maximum atomic E-state index is 12.9. The molecule has 0 atom stereocenters. The van der Waals surface area contributed by atoms with E-state index in [-0.39, 0.29) is 11.6 Å². The van der Waals surface area contributed by atoms with Crippen LogP contribution in [0.25, 0.3) is 5.78 Å². The van der Waals surface area contributed by atoms with Crippen molar-refractivity contribution in [3.63, 3.8) is 0 Å². The zero-order valence-corrected chi connectivity index (χ0v) is 12.3. The van der Waals surface area contributed by atoms with E-state index in [1.54, 1.807) is 18.1 Å². The van der Waals surface area contributed by atoms with E-state index in [4.69, 9.17) is 0 Å². The summed E-state index contributed by atoms with van der Waals surface area (Å²) in [5.74, 6) is 0.206. The van der Waals surface area contributed by atoms with E-state index in [0.29, 0.717) is 13.0 Å². The van der Waals surface area contributed by atoms with Crippen molar-refractivity contribution in [2.75, 3.05) is 18.5 Å². The topological polar surface area (TPSA) is 59.2 Å². The molecule has 3 heterocycles. The molecule has 0 bridgehead atoms. The van der Waals surface area contributed by atoms with Crippen LogP contribution in [0.4, 0.5) is 19.0 Å². The number of hydrogen-bond acceptors (Lipinski definition) is 6. The monoisotopic (exact) mass is 328 g/mol. The zero-order valence-electron chi connectivity index (χ0n) is 11.4. The number of aromatic nitrogens is 5. The van der Waals surface area contributed by atoms with E-state index in [1.165, 1.54) is 22.2 Å². The third-order valence-electron chi connectivity index (χ3n) is 3.06. The number of likely N-dealkylation sites (N-methyl/N-ethyl adjacent to an activating group) is 1. The van der Waals surface area contributed by atoms with Crippen molar-refractivity contribution in [3.05, 3.63) is 34.7 Å². The van der Waals surface area contributed by atoms with Crippen molar-refractivity contribution < 1.29 is 13.2 Å². The van der Waals surface area contributed by atoms with Gasteiger partial charge in [0.2, 0.25) is 0 Å². The second kappa shape index (κ2) is 5.52. The first-order valence-electron chi connectivity index (χ1n) is 6.32. The molecule has 0 saturated heterocycles. The molecule has 0 aliphatic heterocycles. The summed E-state index contributed by atoms with van der Waals surface area (Å²) in [7, 11) is 1.70. The third kappa shape index (κ3) is 2.86. The summed E-state index contributed by atoms with van der Waals surface area (Å²) in [6, 6.07) is 0.976. The van der Waals surface area contributed by atoms with Crippen LogP contribution in [0.5, 0.6) is 0 Å². The molecule has 0 N–H and O–H groups in total. The van der Waals surface area contributed by atoms with Crippen molar-refractivity contribution in [2.45, 2.75) is 12.6 Å². The molecule has 116 valence electrons. The Bertz CT molecular complexity index is 767. The van der Waals surface area contributed by atoms with Gasteiger partial charge in [-0.1, -0.05) is 0 Å². The lowest BCUT2D eigenvalue weighted by Crippen LogP contribution is -2.24. The van der Waals surface area contributed by atoms with Crippen LogP contribution < -0.4 is 4.90 Å². The lowest BCUT2D eigenvalue weighted by atomic mass is 10.3. The molecule has 0 unspecified atom stereocenters. The van der Waals surface area contributed by atoms with Crippen molar-refractivity contribution in [3.8, 4) is 0 Å². The molecule has 3 rings (SSSR count). The number of fused-ring (bicyclic) bond motifs is 1. The van der Waals surface area contributed by atoms with Crippen LogP contribution >= 0.6 is 11.3 Å². The smallest absolute Gasteiger partial charge is 0.359 e. The molecule has 0 spiro atoms. The highest BCUT2D eigenvalue weighted by atomic mass is 32.1. The van der Waals surface area contributed by atoms with Gasteiger partial charge in [-0.3, -0.25) is 0 Å². The molecule has 0 radical (unpaired) electrons. The Labute approximate surface area is 127 Å². The first-order chi connectivity index (χ1) is 10.4.